The van der Waals surface area contributed by atoms with Gasteiger partial charge >= 0.3 is 0 Å². The highest BCUT2D eigenvalue weighted by atomic mass is 32.2. The van der Waals surface area contributed by atoms with Gasteiger partial charge in [0, 0.05) is 44.9 Å². The largest absolute Gasteiger partial charge is 0.391 e. The molecule has 1 aliphatic rings. The molecule has 2 heterocycles. The number of anilines is 1. The van der Waals surface area contributed by atoms with Crippen LogP contribution in [0.2, 0.25) is 0 Å². The van der Waals surface area contributed by atoms with Crippen molar-refractivity contribution in [3.05, 3.63) is 17.6 Å². The first-order valence-electron chi connectivity index (χ1n) is 7.90. The second-order valence-corrected chi connectivity index (χ2v) is 8.54. The fraction of sp³-hybridized carbons (Fsp3) is 0.733. The third-order valence-corrected chi connectivity index (χ3v) is 6.06. The fourth-order valence-corrected chi connectivity index (χ4v) is 3.95. The van der Waals surface area contributed by atoms with E-state index >= 15 is 0 Å². The maximum atomic E-state index is 12.0. The zero-order valence-corrected chi connectivity index (χ0v) is 15.0. The van der Waals surface area contributed by atoms with E-state index in [1.807, 2.05) is 17.9 Å². The number of aryl methyl sites for hydroxylation is 2. The standard InChI is InChI=1S/C15H26N4O3S/c1-5-6-13-7-15(17-11(2)16-13)19-8-12(14(20)9-19)10-23(21,22)18(3)4/h7,12,14,20H,5-6,8-10H2,1-4H3/t12-,14+/m0/s1. The molecule has 1 aliphatic heterocycles. The third-order valence-electron chi connectivity index (χ3n) is 4.10. The summed E-state index contributed by atoms with van der Waals surface area (Å²) in [5.74, 6) is 1.10. The van der Waals surface area contributed by atoms with Crippen molar-refractivity contribution in [1.29, 1.82) is 0 Å². The molecular weight excluding hydrogens is 316 g/mol. The number of nitrogens with zero attached hydrogens (tertiary/aromatic N) is 4. The van der Waals surface area contributed by atoms with E-state index in [1.54, 1.807) is 0 Å². The zero-order chi connectivity index (χ0) is 17.2. The summed E-state index contributed by atoms with van der Waals surface area (Å²) in [6, 6.07) is 1.94. The average Bonchev–Trinajstić information content (AvgIpc) is 2.79. The van der Waals surface area contributed by atoms with Crippen molar-refractivity contribution in [3.8, 4) is 0 Å². The van der Waals surface area contributed by atoms with E-state index in [4.69, 9.17) is 0 Å². The molecular formula is C15H26N4O3S. The number of hydrogen-bond acceptors (Lipinski definition) is 6. The molecule has 0 aliphatic carbocycles. The Bertz CT molecular complexity index is 648. The highest BCUT2D eigenvalue weighted by Gasteiger charge is 2.36. The number of β-amino-alcohol motifs (C(OH)–C–C–N with tert-alkyl or cyclic N) is 1. The maximum absolute atomic E-state index is 12.0. The number of rotatable bonds is 6. The van der Waals surface area contributed by atoms with Crippen molar-refractivity contribution in [2.24, 2.45) is 5.92 Å². The molecule has 23 heavy (non-hydrogen) atoms. The Balaban J connectivity index is 2.15. The maximum Gasteiger partial charge on any atom is 0.214 e. The van der Waals surface area contributed by atoms with E-state index in [1.165, 1.54) is 18.4 Å². The van der Waals surface area contributed by atoms with Crippen LogP contribution in [0.25, 0.3) is 0 Å². The van der Waals surface area contributed by atoms with E-state index in [-0.39, 0.29) is 11.7 Å². The lowest BCUT2D eigenvalue weighted by atomic mass is 10.1. The van der Waals surface area contributed by atoms with Gasteiger partial charge in [-0.3, -0.25) is 0 Å². The second kappa shape index (κ2) is 7.11. The molecule has 8 heteroatoms. The smallest absolute Gasteiger partial charge is 0.214 e. The zero-order valence-electron chi connectivity index (χ0n) is 14.2. The Labute approximate surface area is 138 Å². The summed E-state index contributed by atoms with van der Waals surface area (Å²) < 4.78 is 25.3. The van der Waals surface area contributed by atoms with Gasteiger partial charge in [0.2, 0.25) is 10.0 Å². The highest BCUT2D eigenvalue weighted by molar-refractivity contribution is 7.89. The van der Waals surface area contributed by atoms with Crippen molar-refractivity contribution < 1.29 is 13.5 Å². The van der Waals surface area contributed by atoms with Crippen LogP contribution in [-0.4, -0.2) is 66.8 Å². The lowest BCUT2D eigenvalue weighted by Crippen LogP contribution is -2.33. The molecule has 0 amide bonds. The quantitative estimate of drug-likeness (QED) is 0.807. The van der Waals surface area contributed by atoms with Crippen LogP contribution in [0.15, 0.2) is 6.07 Å². The number of aliphatic hydroxyl groups excluding tert-OH is 1. The molecule has 0 bridgehead atoms. The Kier molecular flexibility index (Phi) is 5.59. The van der Waals surface area contributed by atoms with Crippen LogP contribution < -0.4 is 4.90 Å². The minimum absolute atomic E-state index is 0.0520. The molecule has 0 saturated carbocycles. The Morgan fingerprint density at radius 1 is 1.35 bits per heavy atom. The molecule has 0 unspecified atom stereocenters. The molecule has 130 valence electrons. The van der Waals surface area contributed by atoms with Crippen LogP contribution in [0.5, 0.6) is 0 Å². The normalized spacial score (nSPS) is 22.1. The molecule has 0 aromatic carbocycles. The molecule has 1 aromatic heterocycles. The number of aliphatic hydroxyl groups is 1. The van der Waals surface area contributed by atoms with E-state index in [0.29, 0.717) is 18.9 Å². The highest BCUT2D eigenvalue weighted by Crippen LogP contribution is 2.25. The van der Waals surface area contributed by atoms with E-state index in [2.05, 4.69) is 16.9 Å². The van der Waals surface area contributed by atoms with Gasteiger partial charge in [-0.2, -0.15) is 0 Å². The van der Waals surface area contributed by atoms with Crippen LogP contribution in [-0.2, 0) is 16.4 Å². The van der Waals surface area contributed by atoms with Crippen molar-refractivity contribution in [2.45, 2.75) is 32.8 Å². The lowest BCUT2D eigenvalue weighted by molar-refractivity contribution is 0.157. The van der Waals surface area contributed by atoms with Crippen LogP contribution in [0.1, 0.15) is 24.9 Å². The minimum atomic E-state index is -3.33. The lowest BCUT2D eigenvalue weighted by Gasteiger charge is -2.19. The average molecular weight is 342 g/mol. The van der Waals surface area contributed by atoms with Gasteiger partial charge < -0.3 is 10.0 Å². The van der Waals surface area contributed by atoms with Crippen LogP contribution in [0.4, 0.5) is 5.82 Å². The molecule has 1 fully saturated rings. The van der Waals surface area contributed by atoms with Crippen molar-refractivity contribution in [3.63, 3.8) is 0 Å². The van der Waals surface area contributed by atoms with Gasteiger partial charge in [0.15, 0.2) is 0 Å². The Hall–Kier alpha value is -1.25. The van der Waals surface area contributed by atoms with Gasteiger partial charge in [0.1, 0.15) is 11.6 Å². The second-order valence-electron chi connectivity index (χ2n) is 6.31. The molecule has 1 N–H and O–H groups in total. The summed E-state index contributed by atoms with van der Waals surface area (Å²) in [7, 11) is -0.305. The first-order valence-corrected chi connectivity index (χ1v) is 9.51. The van der Waals surface area contributed by atoms with Crippen LogP contribution >= 0.6 is 0 Å². The van der Waals surface area contributed by atoms with Crippen molar-refractivity contribution in [1.82, 2.24) is 14.3 Å². The van der Waals surface area contributed by atoms with Gasteiger partial charge in [-0.15, -0.1) is 0 Å². The summed E-state index contributed by atoms with van der Waals surface area (Å²) >= 11 is 0. The predicted molar refractivity (Wildman–Crippen MR) is 89.9 cm³/mol. The molecule has 1 aromatic rings. The molecule has 2 atom stereocenters. The summed E-state index contributed by atoms with van der Waals surface area (Å²) in [4.78, 5) is 10.8. The van der Waals surface area contributed by atoms with Gasteiger partial charge in [-0.25, -0.2) is 22.7 Å². The van der Waals surface area contributed by atoms with Gasteiger partial charge in [0.05, 0.1) is 11.9 Å². The monoisotopic (exact) mass is 342 g/mol. The first kappa shape index (κ1) is 18.1. The fourth-order valence-electron chi connectivity index (χ4n) is 2.78. The Morgan fingerprint density at radius 3 is 2.65 bits per heavy atom. The third kappa shape index (κ3) is 4.39. The molecule has 2 rings (SSSR count). The predicted octanol–water partition coefficient (Wildman–Crippen LogP) is 0.426. The van der Waals surface area contributed by atoms with Gasteiger partial charge in [0.25, 0.3) is 0 Å². The molecule has 1 saturated heterocycles. The summed E-state index contributed by atoms with van der Waals surface area (Å²) in [6.07, 6.45) is 1.21. The first-order chi connectivity index (χ1) is 10.7. The molecule has 0 spiro atoms. The summed E-state index contributed by atoms with van der Waals surface area (Å²) in [5, 5.41) is 10.2. The number of hydrogen-bond donors (Lipinski definition) is 1. The van der Waals surface area contributed by atoms with Crippen LogP contribution in [0, 0.1) is 12.8 Å². The van der Waals surface area contributed by atoms with Crippen LogP contribution in [0.3, 0.4) is 0 Å². The van der Waals surface area contributed by atoms with Gasteiger partial charge in [-0.05, 0) is 13.3 Å². The topological polar surface area (TPSA) is 86.6 Å². The van der Waals surface area contributed by atoms with Crippen molar-refractivity contribution >= 4 is 15.8 Å². The SMILES string of the molecule is CCCc1cc(N2C[C@@H](CS(=O)(=O)N(C)C)[C@H](O)C2)nc(C)n1. The van der Waals surface area contributed by atoms with Crippen molar-refractivity contribution in [2.75, 3.05) is 37.8 Å². The van der Waals surface area contributed by atoms with E-state index in [9.17, 15) is 13.5 Å². The summed E-state index contributed by atoms with van der Waals surface area (Å²) in [6.45, 7) is 4.83. The molecule has 7 nitrogen and oxygen atoms in total. The molecule has 0 radical (unpaired) electrons. The number of sulfonamides is 1. The Morgan fingerprint density at radius 2 is 2.04 bits per heavy atom. The summed E-state index contributed by atoms with van der Waals surface area (Å²) in [5.41, 5.74) is 0.980. The van der Waals surface area contributed by atoms with E-state index < -0.39 is 16.1 Å². The minimum Gasteiger partial charge on any atom is -0.391 e. The van der Waals surface area contributed by atoms with E-state index in [0.717, 1.165) is 24.4 Å². The number of aromatic nitrogens is 2. The van der Waals surface area contributed by atoms with Gasteiger partial charge in [-0.1, -0.05) is 13.3 Å².